The molecule has 3 atom stereocenters. The number of halogens is 2. The average molecular weight is 377 g/mol. The second-order valence-electron chi connectivity index (χ2n) is 4.98. The van der Waals surface area contributed by atoms with E-state index in [-0.39, 0.29) is 6.04 Å². The van der Waals surface area contributed by atoms with E-state index in [0.717, 1.165) is 33.4 Å². The maximum absolute atomic E-state index is 10.5. The Morgan fingerprint density at radius 2 is 2.17 bits per heavy atom. The number of hydrogen-bond acceptors (Lipinski definition) is 2. The Kier molecular flexibility index (Phi) is 5.24. The van der Waals surface area contributed by atoms with Gasteiger partial charge in [0.1, 0.15) is 0 Å². The molecule has 2 nitrogen and oxygen atoms in total. The summed E-state index contributed by atoms with van der Waals surface area (Å²) in [5.74, 6) is 0.741. The predicted molar refractivity (Wildman–Crippen MR) is 81.6 cm³/mol. The van der Waals surface area contributed by atoms with E-state index in [4.69, 9.17) is 0 Å². The summed E-state index contributed by atoms with van der Waals surface area (Å²) in [6.45, 7) is 3.24. The highest BCUT2D eigenvalue weighted by Gasteiger charge is 2.27. The Balaban J connectivity index is 2.10. The molecular weight excluding hydrogens is 358 g/mol. The van der Waals surface area contributed by atoms with Gasteiger partial charge in [-0.25, -0.2) is 0 Å². The van der Waals surface area contributed by atoms with Crippen LogP contribution >= 0.6 is 31.9 Å². The van der Waals surface area contributed by atoms with Gasteiger partial charge in [-0.05, 0) is 74.9 Å². The normalized spacial score (nSPS) is 26.0. The van der Waals surface area contributed by atoms with E-state index >= 15 is 0 Å². The SMILES string of the molecule is CCC1CCNC(C(O)c2ccc(Br)c(Br)c2)C1. The van der Waals surface area contributed by atoms with Crippen LogP contribution in [0.3, 0.4) is 0 Å². The van der Waals surface area contributed by atoms with Gasteiger partial charge < -0.3 is 10.4 Å². The highest BCUT2D eigenvalue weighted by molar-refractivity contribution is 9.13. The fourth-order valence-corrected chi connectivity index (χ4v) is 3.22. The van der Waals surface area contributed by atoms with Crippen molar-refractivity contribution in [1.29, 1.82) is 0 Å². The van der Waals surface area contributed by atoms with Crippen LogP contribution in [-0.4, -0.2) is 17.7 Å². The molecule has 0 amide bonds. The summed E-state index contributed by atoms with van der Waals surface area (Å²) < 4.78 is 2.00. The van der Waals surface area contributed by atoms with E-state index in [1.807, 2.05) is 18.2 Å². The highest BCUT2D eigenvalue weighted by Crippen LogP contribution is 2.31. The van der Waals surface area contributed by atoms with Crippen molar-refractivity contribution in [3.8, 4) is 0 Å². The first-order valence-electron chi connectivity index (χ1n) is 6.48. The lowest BCUT2D eigenvalue weighted by molar-refractivity contribution is 0.0978. The van der Waals surface area contributed by atoms with E-state index < -0.39 is 6.10 Å². The van der Waals surface area contributed by atoms with Gasteiger partial charge >= 0.3 is 0 Å². The van der Waals surface area contributed by atoms with Crippen molar-refractivity contribution in [3.63, 3.8) is 0 Å². The van der Waals surface area contributed by atoms with Gasteiger partial charge in [0, 0.05) is 15.0 Å². The minimum absolute atomic E-state index is 0.178. The van der Waals surface area contributed by atoms with Gasteiger partial charge in [0.2, 0.25) is 0 Å². The molecule has 0 aliphatic carbocycles. The van der Waals surface area contributed by atoms with Gasteiger partial charge in [-0.3, -0.25) is 0 Å². The highest BCUT2D eigenvalue weighted by atomic mass is 79.9. The van der Waals surface area contributed by atoms with Crippen molar-refractivity contribution >= 4 is 31.9 Å². The second-order valence-corrected chi connectivity index (χ2v) is 6.69. The third kappa shape index (κ3) is 3.35. The molecule has 1 aliphatic rings. The van der Waals surface area contributed by atoms with Crippen LogP contribution < -0.4 is 5.32 Å². The molecule has 0 aromatic heterocycles. The molecule has 1 fully saturated rings. The smallest absolute Gasteiger partial charge is 0.0943 e. The van der Waals surface area contributed by atoms with Gasteiger partial charge in [-0.1, -0.05) is 19.4 Å². The van der Waals surface area contributed by atoms with Crippen molar-refractivity contribution in [3.05, 3.63) is 32.7 Å². The molecule has 2 rings (SSSR count). The van der Waals surface area contributed by atoms with Crippen molar-refractivity contribution in [2.45, 2.75) is 38.3 Å². The van der Waals surface area contributed by atoms with Crippen LogP contribution in [0, 0.1) is 5.92 Å². The third-order valence-electron chi connectivity index (χ3n) is 3.79. The van der Waals surface area contributed by atoms with E-state index in [1.165, 1.54) is 12.8 Å². The fourth-order valence-electron chi connectivity index (χ4n) is 2.57. The number of benzene rings is 1. The summed E-state index contributed by atoms with van der Waals surface area (Å²) in [6.07, 6.45) is 3.06. The number of aliphatic hydroxyl groups is 1. The zero-order chi connectivity index (χ0) is 13.1. The summed E-state index contributed by atoms with van der Waals surface area (Å²) in [5.41, 5.74) is 0.972. The lowest BCUT2D eigenvalue weighted by atomic mass is 9.86. The van der Waals surface area contributed by atoms with E-state index in [0.29, 0.717) is 0 Å². The minimum Gasteiger partial charge on any atom is -0.387 e. The lowest BCUT2D eigenvalue weighted by Crippen LogP contribution is -2.42. The molecule has 1 aromatic rings. The van der Waals surface area contributed by atoms with E-state index in [9.17, 15) is 5.11 Å². The zero-order valence-electron chi connectivity index (χ0n) is 10.5. The Labute approximate surface area is 125 Å². The van der Waals surface area contributed by atoms with Gasteiger partial charge in [-0.2, -0.15) is 0 Å². The number of rotatable bonds is 3. The monoisotopic (exact) mass is 375 g/mol. The first-order chi connectivity index (χ1) is 8.61. The van der Waals surface area contributed by atoms with Crippen molar-refractivity contribution in [2.24, 2.45) is 5.92 Å². The second kappa shape index (κ2) is 6.51. The van der Waals surface area contributed by atoms with Crippen molar-refractivity contribution in [2.75, 3.05) is 6.54 Å². The lowest BCUT2D eigenvalue weighted by Gasteiger charge is -2.33. The fraction of sp³-hybridized carbons (Fsp3) is 0.571. The van der Waals surface area contributed by atoms with Crippen molar-refractivity contribution in [1.82, 2.24) is 5.32 Å². The quantitative estimate of drug-likeness (QED) is 0.834. The summed E-state index contributed by atoms with van der Waals surface area (Å²) >= 11 is 6.94. The standard InChI is InChI=1S/C14H19Br2NO/c1-2-9-5-6-17-13(7-9)14(18)10-3-4-11(15)12(16)8-10/h3-4,8-9,13-14,17-18H,2,5-7H2,1H3. The summed E-state index contributed by atoms with van der Waals surface area (Å²) in [7, 11) is 0. The minimum atomic E-state index is -0.427. The number of nitrogens with one attached hydrogen (secondary N) is 1. The van der Waals surface area contributed by atoms with Crippen LogP contribution in [0.4, 0.5) is 0 Å². The Bertz CT molecular complexity index is 411. The molecule has 3 unspecified atom stereocenters. The van der Waals surface area contributed by atoms with Gasteiger partial charge in [0.25, 0.3) is 0 Å². The summed E-state index contributed by atoms with van der Waals surface area (Å²) in [4.78, 5) is 0. The molecule has 0 bridgehead atoms. The molecule has 0 saturated carbocycles. The van der Waals surface area contributed by atoms with Gasteiger partial charge in [0.15, 0.2) is 0 Å². The Morgan fingerprint density at radius 3 is 2.83 bits per heavy atom. The molecule has 4 heteroatoms. The van der Waals surface area contributed by atoms with Crippen LogP contribution in [0.2, 0.25) is 0 Å². The molecule has 100 valence electrons. The number of aliphatic hydroxyl groups excluding tert-OH is 1. The maximum atomic E-state index is 10.5. The molecule has 0 radical (unpaired) electrons. The Hall–Kier alpha value is 0.1000. The molecule has 1 heterocycles. The van der Waals surface area contributed by atoms with Gasteiger partial charge in [-0.15, -0.1) is 0 Å². The first kappa shape index (κ1) is 14.5. The van der Waals surface area contributed by atoms with Crippen LogP contribution in [0.15, 0.2) is 27.1 Å². The molecule has 2 N–H and O–H groups in total. The molecule has 0 spiro atoms. The largest absolute Gasteiger partial charge is 0.387 e. The zero-order valence-corrected chi connectivity index (χ0v) is 13.7. The third-order valence-corrected chi connectivity index (χ3v) is 5.67. The molecule has 1 aromatic carbocycles. The van der Waals surface area contributed by atoms with Crippen LogP contribution in [0.5, 0.6) is 0 Å². The Morgan fingerprint density at radius 1 is 1.39 bits per heavy atom. The van der Waals surface area contributed by atoms with Gasteiger partial charge in [0.05, 0.1) is 6.10 Å². The van der Waals surface area contributed by atoms with Crippen LogP contribution in [0.25, 0.3) is 0 Å². The van der Waals surface area contributed by atoms with E-state index in [2.05, 4.69) is 44.1 Å². The molecular formula is C14H19Br2NO. The van der Waals surface area contributed by atoms with Crippen LogP contribution in [0.1, 0.15) is 37.9 Å². The summed E-state index contributed by atoms with van der Waals surface area (Å²) in [6, 6.07) is 6.13. The predicted octanol–water partition coefficient (Wildman–Crippen LogP) is 4.02. The number of piperidine rings is 1. The molecule has 18 heavy (non-hydrogen) atoms. The first-order valence-corrected chi connectivity index (χ1v) is 8.06. The average Bonchev–Trinajstić information content (AvgIpc) is 2.41. The van der Waals surface area contributed by atoms with E-state index in [1.54, 1.807) is 0 Å². The topological polar surface area (TPSA) is 32.3 Å². The number of hydrogen-bond donors (Lipinski definition) is 2. The molecule has 1 aliphatic heterocycles. The maximum Gasteiger partial charge on any atom is 0.0943 e. The van der Waals surface area contributed by atoms with Crippen LogP contribution in [-0.2, 0) is 0 Å². The molecule has 1 saturated heterocycles. The van der Waals surface area contributed by atoms with Crippen molar-refractivity contribution < 1.29 is 5.11 Å². The summed E-state index contributed by atoms with van der Waals surface area (Å²) in [5, 5.41) is 13.9.